The second-order valence-corrected chi connectivity index (χ2v) is 18.0. The molecule has 0 bridgehead atoms. The molecule has 15 heteroatoms. The lowest BCUT2D eigenvalue weighted by Crippen LogP contribution is -2.55. The number of fused-ring (bicyclic) bond motifs is 3. The number of aliphatic hydroxyl groups excluding tert-OH is 1. The highest BCUT2D eigenvalue weighted by atomic mass is 16.6. The Morgan fingerprint density at radius 1 is 0.871 bits per heavy atom. The van der Waals surface area contributed by atoms with E-state index in [4.69, 9.17) is 14.2 Å². The van der Waals surface area contributed by atoms with Crippen molar-refractivity contribution in [3.63, 3.8) is 0 Å². The zero-order valence-electron chi connectivity index (χ0n) is 38.3. The molecule has 3 heterocycles. The maximum Gasteiger partial charge on any atom is 0.421 e. The van der Waals surface area contributed by atoms with Crippen LogP contribution in [0.2, 0.25) is 0 Å². The molecule has 70 heavy (non-hydrogen) atoms. The summed E-state index contributed by atoms with van der Waals surface area (Å²) in [6.07, 6.45) is 3.95. The molecule has 2 saturated heterocycles. The number of hydrogen-bond donors (Lipinski definition) is 3. The Hall–Kier alpha value is -7.64. The number of nitrogens with one attached hydrogen (secondary N) is 1. The van der Waals surface area contributed by atoms with Crippen molar-refractivity contribution in [2.45, 2.75) is 80.4 Å². The molecule has 9 rings (SSSR count). The van der Waals surface area contributed by atoms with E-state index in [0.29, 0.717) is 46.4 Å². The molecule has 5 aromatic carbocycles. The average Bonchev–Trinajstić information content (AvgIpc) is 3.72. The average molecular weight is 945 g/mol. The first-order valence-electron chi connectivity index (χ1n) is 23.4. The Labute approximate surface area is 404 Å². The van der Waals surface area contributed by atoms with Gasteiger partial charge in [-0.05, 0) is 96.0 Å². The standard InChI is InChI=1S/C55H52N4O11/c1-2-31-56-50(61)45-47-51(62)70-48(39-15-9-6-10-16-39)46(38-13-7-5-8-14-38)58(47)49(40-20-24-42(25-21-40)68-33-32-60)55(45)43-34-36(27-30-54(65)28-11-3-4-12-29-54)19-26-44(43)57(52(55)63)53(64)69-35-37-17-22-41(23-18-37)59(66)67/h2,5-10,13-26,34,45-49,60,65H,1,3-4,11-12,28-29,31-33,35H2,(H,56,61)/t45-,46-,47-,48+,49+,55-/m0/s1. The number of non-ortho nitro benzene ring substituents is 1. The maximum absolute atomic E-state index is 16.4. The van der Waals surface area contributed by atoms with E-state index in [0.717, 1.165) is 30.6 Å². The van der Waals surface area contributed by atoms with E-state index in [1.165, 1.54) is 30.3 Å². The van der Waals surface area contributed by atoms with E-state index in [-0.39, 0.29) is 43.3 Å². The van der Waals surface area contributed by atoms with Gasteiger partial charge < -0.3 is 29.7 Å². The Morgan fingerprint density at radius 2 is 1.54 bits per heavy atom. The molecule has 0 aromatic heterocycles. The number of amides is 3. The summed E-state index contributed by atoms with van der Waals surface area (Å²) in [7, 11) is 0. The molecule has 1 spiro atoms. The fourth-order valence-electron chi connectivity index (χ4n) is 10.7. The van der Waals surface area contributed by atoms with Crippen molar-refractivity contribution >= 4 is 35.3 Å². The molecule has 3 N–H and O–H groups in total. The molecule has 5 aromatic rings. The van der Waals surface area contributed by atoms with E-state index in [1.807, 2.05) is 65.6 Å². The first-order chi connectivity index (χ1) is 34.0. The summed E-state index contributed by atoms with van der Waals surface area (Å²) < 4.78 is 18.2. The smallest absolute Gasteiger partial charge is 0.421 e. The van der Waals surface area contributed by atoms with Crippen LogP contribution in [0, 0.1) is 27.9 Å². The van der Waals surface area contributed by atoms with Gasteiger partial charge in [-0.2, -0.15) is 0 Å². The monoisotopic (exact) mass is 944 g/mol. The van der Waals surface area contributed by atoms with Crippen LogP contribution >= 0.6 is 0 Å². The molecular formula is C55H52N4O11. The molecule has 4 aliphatic rings. The highest BCUT2D eigenvalue weighted by Crippen LogP contribution is 2.66. The summed E-state index contributed by atoms with van der Waals surface area (Å²) in [4.78, 5) is 75.5. The number of nitrogens with zero attached hydrogens (tertiary/aromatic N) is 3. The number of rotatable bonds is 12. The van der Waals surface area contributed by atoms with Gasteiger partial charge in [-0.3, -0.25) is 29.4 Å². The van der Waals surface area contributed by atoms with Crippen LogP contribution in [0.3, 0.4) is 0 Å². The molecule has 3 aliphatic heterocycles. The number of carbonyl (C=O) groups is 4. The van der Waals surface area contributed by atoms with Crippen LogP contribution in [-0.4, -0.2) is 75.3 Å². The number of carbonyl (C=O) groups excluding carboxylic acids is 4. The predicted molar refractivity (Wildman–Crippen MR) is 257 cm³/mol. The van der Waals surface area contributed by atoms with Gasteiger partial charge in [0.15, 0.2) is 0 Å². The molecule has 15 nitrogen and oxygen atoms in total. The van der Waals surface area contributed by atoms with Gasteiger partial charge >= 0.3 is 12.1 Å². The Bertz CT molecular complexity index is 2840. The van der Waals surface area contributed by atoms with Crippen LogP contribution in [0.1, 0.15) is 90.1 Å². The highest BCUT2D eigenvalue weighted by Gasteiger charge is 2.75. The Morgan fingerprint density at radius 3 is 2.19 bits per heavy atom. The van der Waals surface area contributed by atoms with E-state index in [1.54, 1.807) is 42.5 Å². The van der Waals surface area contributed by atoms with Gasteiger partial charge in [-0.25, -0.2) is 9.69 Å². The van der Waals surface area contributed by atoms with Crippen molar-refractivity contribution in [2.24, 2.45) is 5.92 Å². The second-order valence-electron chi connectivity index (χ2n) is 18.0. The van der Waals surface area contributed by atoms with Gasteiger partial charge in [0.2, 0.25) is 11.8 Å². The highest BCUT2D eigenvalue weighted by molar-refractivity contribution is 6.23. The van der Waals surface area contributed by atoms with Gasteiger partial charge in [0.1, 0.15) is 42.1 Å². The van der Waals surface area contributed by atoms with Crippen LogP contribution in [0.15, 0.2) is 140 Å². The minimum Gasteiger partial charge on any atom is -0.491 e. The van der Waals surface area contributed by atoms with Gasteiger partial charge in [-0.1, -0.05) is 104 Å². The van der Waals surface area contributed by atoms with E-state index >= 15 is 14.4 Å². The molecule has 0 unspecified atom stereocenters. The normalized spacial score (nSPS) is 23.5. The van der Waals surface area contributed by atoms with Gasteiger partial charge in [-0.15, -0.1) is 6.58 Å². The number of aliphatic hydroxyl groups is 2. The fraction of sp³-hybridized carbons (Fsp3) is 0.309. The van der Waals surface area contributed by atoms with E-state index in [9.17, 15) is 25.1 Å². The lowest BCUT2D eigenvalue weighted by atomic mass is 9.65. The molecule has 3 fully saturated rings. The molecular weight excluding hydrogens is 893 g/mol. The third-order valence-corrected chi connectivity index (χ3v) is 13.8. The van der Waals surface area contributed by atoms with Gasteiger partial charge in [0.25, 0.3) is 5.69 Å². The van der Waals surface area contributed by atoms with Crippen LogP contribution < -0.4 is 15.0 Å². The van der Waals surface area contributed by atoms with Crippen molar-refractivity contribution in [1.82, 2.24) is 10.2 Å². The quantitative estimate of drug-likeness (QED) is 0.0276. The number of nitro groups is 1. The van der Waals surface area contributed by atoms with Gasteiger partial charge in [0.05, 0.1) is 35.2 Å². The minimum absolute atomic E-state index is 0.00881. The van der Waals surface area contributed by atoms with E-state index < -0.39 is 70.0 Å². The number of hydrogen-bond acceptors (Lipinski definition) is 12. The third-order valence-electron chi connectivity index (χ3n) is 13.8. The number of imide groups is 1. The summed E-state index contributed by atoms with van der Waals surface area (Å²) in [6, 6.07) is 32.3. The first-order valence-corrected chi connectivity index (χ1v) is 23.4. The van der Waals surface area contributed by atoms with Crippen molar-refractivity contribution in [1.29, 1.82) is 0 Å². The second kappa shape index (κ2) is 20.1. The predicted octanol–water partition coefficient (Wildman–Crippen LogP) is 7.71. The maximum atomic E-state index is 16.4. The molecule has 0 radical (unpaired) electrons. The van der Waals surface area contributed by atoms with E-state index in [2.05, 4.69) is 23.7 Å². The van der Waals surface area contributed by atoms with Crippen LogP contribution in [0.25, 0.3) is 0 Å². The van der Waals surface area contributed by atoms with Crippen LogP contribution in [-0.2, 0) is 35.9 Å². The number of anilines is 1. The Balaban J connectivity index is 1.30. The van der Waals surface area contributed by atoms with Crippen molar-refractivity contribution < 1.29 is 48.5 Å². The molecule has 1 aliphatic carbocycles. The summed E-state index contributed by atoms with van der Waals surface area (Å²) in [5, 5.41) is 35.6. The van der Waals surface area contributed by atoms with Crippen molar-refractivity contribution in [2.75, 3.05) is 24.7 Å². The number of esters is 1. The summed E-state index contributed by atoms with van der Waals surface area (Å²) >= 11 is 0. The number of benzene rings is 5. The Kier molecular flexibility index (Phi) is 13.6. The largest absolute Gasteiger partial charge is 0.491 e. The lowest BCUT2D eigenvalue weighted by Gasteiger charge is -2.46. The first kappa shape index (κ1) is 47.4. The SMILES string of the molecule is C=CCNC(=O)[C@@H]1[C@H]2C(=O)O[C@H](c3ccccc3)[C@H](c3ccccc3)N2[C@H](c2ccc(OCCO)cc2)[C@@]12C(=O)N(C(=O)OCc1ccc([N+](=O)[O-])cc1)c1ccc(C#CC3(O)CCCCCC3)cc12. The topological polar surface area (TPSA) is 198 Å². The zero-order chi connectivity index (χ0) is 49.0. The fourth-order valence-corrected chi connectivity index (χ4v) is 10.7. The number of ether oxygens (including phenoxy) is 3. The summed E-state index contributed by atoms with van der Waals surface area (Å²) in [5.41, 5.74) is -0.608. The molecule has 1 saturated carbocycles. The van der Waals surface area contributed by atoms with Gasteiger partial charge in [0, 0.05) is 24.2 Å². The number of cyclic esters (lactones) is 1. The van der Waals surface area contributed by atoms with Crippen LogP contribution in [0.5, 0.6) is 5.75 Å². The zero-order valence-corrected chi connectivity index (χ0v) is 38.3. The van der Waals surface area contributed by atoms with Crippen molar-refractivity contribution in [3.05, 3.63) is 184 Å². The summed E-state index contributed by atoms with van der Waals surface area (Å²) in [5.74, 6) is 2.81. The number of morpholine rings is 1. The minimum atomic E-state index is -2.11. The third kappa shape index (κ3) is 8.81. The molecule has 6 atom stereocenters. The molecule has 358 valence electrons. The van der Waals surface area contributed by atoms with Crippen molar-refractivity contribution in [3.8, 4) is 17.6 Å². The lowest BCUT2D eigenvalue weighted by molar-refractivity contribution is -0.384. The molecule has 3 amide bonds. The number of nitro benzene ring substituents is 1. The van der Waals surface area contributed by atoms with Crippen LogP contribution in [0.4, 0.5) is 16.2 Å². The summed E-state index contributed by atoms with van der Waals surface area (Å²) in [6.45, 7) is 3.17.